The van der Waals surface area contributed by atoms with Crippen LogP contribution in [0, 0.1) is 12.3 Å². The van der Waals surface area contributed by atoms with E-state index in [1.807, 2.05) is 13.8 Å². The Labute approximate surface area is 102 Å². The minimum absolute atomic E-state index is 0.0390. The van der Waals surface area contributed by atoms with E-state index in [1.54, 1.807) is 12.1 Å². The fraction of sp³-hybridized carbons (Fsp3) is 0.333. The van der Waals surface area contributed by atoms with Gasteiger partial charge in [0.05, 0.1) is 10.9 Å². The summed E-state index contributed by atoms with van der Waals surface area (Å²) in [7, 11) is -3.63. The van der Waals surface area contributed by atoms with Crippen molar-refractivity contribution < 1.29 is 8.42 Å². The lowest BCUT2D eigenvalue weighted by molar-refractivity contribution is 0.546. The molecule has 0 bridgehead atoms. The second-order valence-corrected chi connectivity index (χ2v) is 5.45. The fourth-order valence-corrected chi connectivity index (χ4v) is 1.98. The maximum atomic E-state index is 11.1. The van der Waals surface area contributed by atoms with Crippen molar-refractivity contribution in [3.05, 3.63) is 29.8 Å². The molecular weight excluding hydrogens is 236 g/mol. The van der Waals surface area contributed by atoms with E-state index in [2.05, 4.69) is 11.2 Å². The van der Waals surface area contributed by atoms with E-state index in [0.717, 1.165) is 5.56 Å². The highest BCUT2D eigenvalue weighted by Gasteiger charge is 2.10. The molecule has 92 valence electrons. The van der Waals surface area contributed by atoms with Crippen LogP contribution in [-0.2, 0) is 10.0 Å². The number of hydrogen-bond donors (Lipinski definition) is 2. The van der Waals surface area contributed by atoms with Crippen molar-refractivity contribution in [1.82, 2.24) is 5.32 Å². The first kappa shape index (κ1) is 13.7. The first-order valence-electron chi connectivity index (χ1n) is 5.19. The van der Waals surface area contributed by atoms with Crippen LogP contribution in [-0.4, -0.2) is 14.5 Å². The molecule has 1 rings (SSSR count). The molecule has 0 saturated heterocycles. The van der Waals surface area contributed by atoms with E-state index in [9.17, 15) is 8.42 Å². The van der Waals surface area contributed by atoms with Gasteiger partial charge in [-0.1, -0.05) is 18.1 Å². The first-order chi connectivity index (χ1) is 7.84. The zero-order valence-corrected chi connectivity index (χ0v) is 10.7. The van der Waals surface area contributed by atoms with Crippen LogP contribution in [0.25, 0.3) is 0 Å². The Morgan fingerprint density at radius 3 is 2.24 bits per heavy atom. The predicted molar refractivity (Wildman–Crippen MR) is 67.7 cm³/mol. The number of sulfonamides is 1. The van der Waals surface area contributed by atoms with Crippen molar-refractivity contribution in [2.45, 2.75) is 30.8 Å². The summed E-state index contributed by atoms with van der Waals surface area (Å²) < 4.78 is 22.1. The molecule has 0 aliphatic carbocycles. The third-order valence-corrected chi connectivity index (χ3v) is 3.39. The molecule has 0 fully saturated rings. The van der Waals surface area contributed by atoms with E-state index in [4.69, 9.17) is 11.6 Å². The van der Waals surface area contributed by atoms with Crippen LogP contribution in [0.5, 0.6) is 0 Å². The predicted octanol–water partition coefficient (Wildman–Crippen LogP) is 1.01. The van der Waals surface area contributed by atoms with Crippen molar-refractivity contribution in [2.75, 3.05) is 0 Å². The molecule has 3 N–H and O–H groups in total. The summed E-state index contributed by atoms with van der Waals surface area (Å²) in [5.74, 6) is 2.57. The monoisotopic (exact) mass is 252 g/mol. The van der Waals surface area contributed by atoms with Gasteiger partial charge in [0.25, 0.3) is 0 Å². The molecular formula is C12H16N2O2S. The average molecular weight is 252 g/mol. The molecule has 0 heterocycles. The summed E-state index contributed by atoms with van der Waals surface area (Å²) in [6, 6.07) is 6.44. The van der Waals surface area contributed by atoms with Gasteiger partial charge in [-0.2, -0.15) is 0 Å². The van der Waals surface area contributed by atoms with Crippen LogP contribution in [0.2, 0.25) is 0 Å². The van der Waals surface area contributed by atoms with Crippen LogP contribution >= 0.6 is 0 Å². The summed E-state index contributed by atoms with van der Waals surface area (Å²) in [5.41, 5.74) is 0.958. The second-order valence-electron chi connectivity index (χ2n) is 3.89. The highest BCUT2D eigenvalue weighted by atomic mass is 32.2. The number of rotatable bonds is 4. The van der Waals surface area contributed by atoms with Gasteiger partial charge in [-0.25, -0.2) is 13.6 Å². The summed E-state index contributed by atoms with van der Waals surface area (Å²) in [4.78, 5) is 0.110. The Hall–Kier alpha value is -1.35. The number of primary sulfonamides is 1. The van der Waals surface area contributed by atoms with Crippen molar-refractivity contribution in [1.29, 1.82) is 0 Å². The zero-order chi connectivity index (χ0) is 13.1. The number of nitrogens with one attached hydrogen (secondary N) is 1. The Kier molecular flexibility index (Phi) is 4.29. The Bertz CT molecular complexity index is 514. The van der Waals surface area contributed by atoms with Gasteiger partial charge in [0.15, 0.2) is 0 Å². The maximum absolute atomic E-state index is 11.1. The quantitative estimate of drug-likeness (QED) is 0.785. The summed E-state index contributed by atoms with van der Waals surface area (Å²) in [5, 5.41) is 8.20. The average Bonchev–Trinajstić information content (AvgIpc) is 2.27. The van der Waals surface area contributed by atoms with E-state index < -0.39 is 10.0 Å². The van der Waals surface area contributed by atoms with E-state index in [1.165, 1.54) is 12.1 Å². The molecule has 0 spiro atoms. The molecule has 5 heteroatoms. The van der Waals surface area contributed by atoms with Gasteiger partial charge in [0, 0.05) is 6.04 Å². The van der Waals surface area contributed by atoms with Gasteiger partial charge in [-0.15, -0.1) is 6.42 Å². The van der Waals surface area contributed by atoms with Crippen LogP contribution < -0.4 is 10.5 Å². The zero-order valence-electron chi connectivity index (χ0n) is 9.84. The minimum Gasteiger partial charge on any atom is -0.297 e. The third-order valence-electron chi connectivity index (χ3n) is 2.46. The topological polar surface area (TPSA) is 72.2 Å². The van der Waals surface area contributed by atoms with Crippen LogP contribution in [0.15, 0.2) is 29.2 Å². The van der Waals surface area contributed by atoms with Gasteiger partial charge in [-0.05, 0) is 31.5 Å². The SMILES string of the molecule is C#CC(C)NC(C)c1ccc(S(N)(=O)=O)cc1. The van der Waals surface area contributed by atoms with Crippen molar-refractivity contribution in [3.63, 3.8) is 0 Å². The summed E-state index contributed by atoms with van der Waals surface area (Å²) in [6.07, 6.45) is 5.27. The van der Waals surface area contributed by atoms with E-state index in [-0.39, 0.29) is 17.0 Å². The molecule has 0 aromatic heterocycles. The summed E-state index contributed by atoms with van der Waals surface area (Å²) in [6.45, 7) is 3.84. The molecule has 0 radical (unpaired) electrons. The van der Waals surface area contributed by atoms with Gasteiger partial charge >= 0.3 is 0 Å². The number of benzene rings is 1. The van der Waals surface area contributed by atoms with Crippen molar-refractivity contribution in [2.24, 2.45) is 5.14 Å². The number of hydrogen-bond acceptors (Lipinski definition) is 3. The van der Waals surface area contributed by atoms with Crippen LogP contribution in [0.4, 0.5) is 0 Å². The lowest BCUT2D eigenvalue weighted by atomic mass is 10.1. The largest absolute Gasteiger partial charge is 0.297 e. The van der Waals surface area contributed by atoms with Gasteiger partial charge in [-0.3, -0.25) is 5.32 Å². The molecule has 4 nitrogen and oxygen atoms in total. The van der Waals surface area contributed by atoms with Gasteiger partial charge in [0.1, 0.15) is 0 Å². The molecule has 17 heavy (non-hydrogen) atoms. The third kappa shape index (κ3) is 3.86. The van der Waals surface area contributed by atoms with Crippen molar-refractivity contribution in [3.8, 4) is 12.3 Å². The van der Waals surface area contributed by atoms with Crippen LogP contribution in [0.3, 0.4) is 0 Å². The van der Waals surface area contributed by atoms with E-state index >= 15 is 0 Å². The number of nitrogens with two attached hydrogens (primary N) is 1. The van der Waals surface area contributed by atoms with Gasteiger partial charge < -0.3 is 0 Å². The first-order valence-corrected chi connectivity index (χ1v) is 6.74. The van der Waals surface area contributed by atoms with Crippen molar-refractivity contribution >= 4 is 10.0 Å². The smallest absolute Gasteiger partial charge is 0.238 e. The Morgan fingerprint density at radius 2 is 1.82 bits per heavy atom. The maximum Gasteiger partial charge on any atom is 0.238 e. The fourth-order valence-electron chi connectivity index (χ4n) is 1.47. The normalized spacial score (nSPS) is 14.9. The van der Waals surface area contributed by atoms with Crippen LogP contribution in [0.1, 0.15) is 25.5 Å². The highest BCUT2D eigenvalue weighted by molar-refractivity contribution is 7.89. The van der Waals surface area contributed by atoms with E-state index in [0.29, 0.717) is 0 Å². The number of terminal acetylenes is 1. The molecule has 0 aliphatic heterocycles. The second kappa shape index (κ2) is 5.32. The summed E-state index contributed by atoms with van der Waals surface area (Å²) >= 11 is 0. The molecule has 1 aromatic carbocycles. The molecule has 2 unspecified atom stereocenters. The Balaban J connectivity index is 2.85. The molecule has 2 atom stereocenters. The lowest BCUT2D eigenvalue weighted by Crippen LogP contribution is -2.27. The lowest BCUT2D eigenvalue weighted by Gasteiger charge is -2.16. The molecule has 0 aliphatic rings. The molecule has 0 saturated carbocycles. The minimum atomic E-state index is -3.63. The molecule has 1 aromatic rings. The standard InChI is InChI=1S/C12H16N2O2S/c1-4-9(2)14-10(3)11-5-7-12(8-6-11)17(13,15)16/h1,5-10,14H,2-3H3,(H2,13,15,16). The van der Waals surface area contributed by atoms with Gasteiger partial charge in [0.2, 0.25) is 10.0 Å². The Morgan fingerprint density at radius 1 is 1.29 bits per heavy atom. The molecule has 0 amide bonds. The highest BCUT2D eigenvalue weighted by Crippen LogP contribution is 2.15.